The minimum Gasteiger partial charge on any atom is -0.306 e. The van der Waals surface area contributed by atoms with Crippen LogP contribution in [0.5, 0.6) is 0 Å². The van der Waals surface area contributed by atoms with Gasteiger partial charge in [-0.2, -0.15) is 0 Å². The van der Waals surface area contributed by atoms with E-state index in [0.717, 1.165) is 22.7 Å². The molecular formula is C15H14Cl3N. The second-order valence-electron chi connectivity index (χ2n) is 4.41. The van der Waals surface area contributed by atoms with Crippen molar-refractivity contribution in [1.29, 1.82) is 0 Å². The van der Waals surface area contributed by atoms with Crippen molar-refractivity contribution in [2.24, 2.45) is 0 Å². The second-order valence-corrected chi connectivity index (χ2v) is 5.66. The number of halogens is 3. The van der Waals surface area contributed by atoms with Crippen LogP contribution >= 0.6 is 34.8 Å². The molecule has 1 N–H and O–H groups in total. The van der Waals surface area contributed by atoms with E-state index in [1.165, 1.54) is 0 Å². The molecule has 0 radical (unpaired) electrons. The van der Waals surface area contributed by atoms with Crippen LogP contribution in [0.2, 0.25) is 15.1 Å². The normalized spacial score (nSPS) is 12.4. The van der Waals surface area contributed by atoms with Gasteiger partial charge < -0.3 is 5.32 Å². The zero-order chi connectivity index (χ0) is 13.8. The van der Waals surface area contributed by atoms with Gasteiger partial charge in [0.2, 0.25) is 0 Å². The molecule has 0 amide bonds. The van der Waals surface area contributed by atoms with Gasteiger partial charge in [0.1, 0.15) is 0 Å². The molecule has 100 valence electrons. The van der Waals surface area contributed by atoms with E-state index < -0.39 is 0 Å². The highest BCUT2D eigenvalue weighted by atomic mass is 35.5. The summed E-state index contributed by atoms with van der Waals surface area (Å²) in [6.07, 6.45) is 0. The first-order valence-electron chi connectivity index (χ1n) is 5.99. The highest BCUT2D eigenvalue weighted by Gasteiger charge is 2.06. The molecule has 1 nitrogen and oxygen atoms in total. The number of benzene rings is 2. The van der Waals surface area contributed by atoms with Crippen molar-refractivity contribution < 1.29 is 0 Å². The highest BCUT2D eigenvalue weighted by molar-refractivity contribution is 6.42. The third-order valence-corrected chi connectivity index (χ3v) is 3.92. The maximum Gasteiger partial charge on any atom is 0.0595 e. The van der Waals surface area contributed by atoms with Crippen LogP contribution in [0.15, 0.2) is 42.5 Å². The summed E-state index contributed by atoms with van der Waals surface area (Å²) in [6.45, 7) is 2.83. The van der Waals surface area contributed by atoms with Crippen LogP contribution in [0, 0.1) is 0 Å². The topological polar surface area (TPSA) is 12.0 Å². The van der Waals surface area contributed by atoms with Crippen molar-refractivity contribution in [1.82, 2.24) is 5.32 Å². The lowest BCUT2D eigenvalue weighted by molar-refractivity contribution is 0.575. The molecule has 4 heteroatoms. The number of hydrogen-bond acceptors (Lipinski definition) is 1. The summed E-state index contributed by atoms with van der Waals surface area (Å²) in [5, 5.41) is 5.34. The van der Waals surface area contributed by atoms with Gasteiger partial charge in [0.15, 0.2) is 0 Å². The van der Waals surface area contributed by atoms with E-state index in [-0.39, 0.29) is 6.04 Å². The SMILES string of the molecule is C[C@H](NCc1ccc(Cl)c(Cl)c1)c1cccc(Cl)c1. The lowest BCUT2D eigenvalue weighted by Crippen LogP contribution is -2.18. The molecule has 0 fully saturated rings. The first kappa shape index (κ1) is 14.7. The van der Waals surface area contributed by atoms with E-state index >= 15 is 0 Å². The van der Waals surface area contributed by atoms with Gasteiger partial charge in [0.05, 0.1) is 10.0 Å². The van der Waals surface area contributed by atoms with Crippen molar-refractivity contribution in [3.8, 4) is 0 Å². The van der Waals surface area contributed by atoms with Crippen LogP contribution in [-0.2, 0) is 6.54 Å². The fraction of sp³-hybridized carbons (Fsp3) is 0.200. The Bertz CT molecular complexity index is 569. The zero-order valence-electron chi connectivity index (χ0n) is 10.5. The average Bonchev–Trinajstić information content (AvgIpc) is 2.40. The number of hydrogen-bond donors (Lipinski definition) is 1. The van der Waals surface area contributed by atoms with E-state index in [2.05, 4.69) is 18.3 Å². The molecule has 2 rings (SSSR count). The standard InChI is InChI=1S/C15H14Cl3N/c1-10(12-3-2-4-13(16)8-12)19-9-11-5-6-14(17)15(18)7-11/h2-8,10,19H,9H2,1H3/t10-/m0/s1. The smallest absolute Gasteiger partial charge is 0.0595 e. The van der Waals surface area contributed by atoms with Crippen LogP contribution in [0.3, 0.4) is 0 Å². The predicted octanol–water partition coefficient (Wildman–Crippen LogP) is 5.50. The quantitative estimate of drug-likeness (QED) is 0.786. The summed E-state index contributed by atoms with van der Waals surface area (Å²) >= 11 is 17.9. The zero-order valence-corrected chi connectivity index (χ0v) is 12.7. The third-order valence-electron chi connectivity index (χ3n) is 2.95. The average molecular weight is 315 g/mol. The lowest BCUT2D eigenvalue weighted by atomic mass is 10.1. The van der Waals surface area contributed by atoms with Crippen molar-refractivity contribution >= 4 is 34.8 Å². The molecule has 0 heterocycles. The Morgan fingerprint density at radius 3 is 2.47 bits per heavy atom. The van der Waals surface area contributed by atoms with Crippen LogP contribution < -0.4 is 5.32 Å². The van der Waals surface area contributed by atoms with Crippen LogP contribution in [0.25, 0.3) is 0 Å². The monoisotopic (exact) mass is 313 g/mol. The molecule has 0 saturated heterocycles. The van der Waals surface area contributed by atoms with Gasteiger partial charge in [-0.05, 0) is 42.3 Å². The van der Waals surface area contributed by atoms with Gasteiger partial charge in [0, 0.05) is 17.6 Å². The number of rotatable bonds is 4. The molecular weight excluding hydrogens is 301 g/mol. The molecule has 19 heavy (non-hydrogen) atoms. The molecule has 0 aromatic heterocycles. The van der Waals surface area contributed by atoms with Crippen molar-refractivity contribution in [3.05, 3.63) is 68.7 Å². The molecule has 0 aliphatic carbocycles. The minimum absolute atomic E-state index is 0.216. The Morgan fingerprint density at radius 1 is 1.00 bits per heavy atom. The summed E-state index contributed by atoms with van der Waals surface area (Å²) in [5.41, 5.74) is 2.26. The van der Waals surface area contributed by atoms with Gasteiger partial charge in [-0.15, -0.1) is 0 Å². The first-order chi connectivity index (χ1) is 9.06. The van der Waals surface area contributed by atoms with Crippen LogP contribution in [0.4, 0.5) is 0 Å². The number of nitrogens with one attached hydrogen (secondary N) is 1. The molecule has 0 saturated carbocycles. The molecule has 2 aromatic carbocycles. The molecule has 0 aliphatic rings. The van der Waals surface area contributed by atoms with Crippen LogP contribution in [0.1, 0.15) is 24.1 Å². The largest absolute Gasteiger partial charge is 0.306 e. The van der Waals surface area contributed by atoms with E-state index in [4.69, 9.17) is 34.8 Å². The van der Waals surface area contributed by atoms with Gasteiger partial charge in [-0.3, -0.25) is 0 Å². The first-order valence-corrected chi connectivity index (χ1v) is 7.12. The summed E-state index contributed by atoms with van der Waals surface area (Å²) in [5.74, 6) is 0. The van der Waals surface area contributed by atoms with Gasteiger partial charge in [-0.1, -0.05) is 53.0 Å². The molecule has 0 unspecified atom stereocenters. The fourth-order valence-corrected chi connectivity index (χ4v) is 2.33. The third kappa shape index (κ3) is 4.12. The summed E-state index contributed by atoms with van der Waals surface area (Å²) < 4.78 is 0. The Labute approximate surface area is 128 Å². The van der Waals surface area contributed by atoms with E-state index in [1.54, 1.807) is 0 Å². The fourth-order valence-electron chi connectivity index (χ4n) is 1.81. The summed E-state index contributed by atoms with van der Waals surface area (Å²) in [6, 6.07) is 13.7. The van der Waals surface area contributed by atoms with Crippen molar-refractivity contribution in [2.45, 2.75) is 19.5 Å². The van der Waals surface area contributed by atoms with Crippen molar-refractivity contribution in [3.63, 3.8) is 0 Å². The molecule has 0 aliphatic heterocycles. The Kier molecular flexibility index (Phi) is 5.12. The van der Waals surface area contributed by atoms with Crippen molar-refractivity contribution in [2.75, 3.05) is 0 Å². The van der Waals surface area contributed by atoms with E-state index in [9.17, 15) is 0 Å². The maximum atomic E-state index is 5.99. The summed E-state index contributed by atoms with van der Waals surface area (Å²) in [7, 11) is 0. The van der Waals surface area contributed by atoms with Gasteiger partial charge in [-0.25, -0.2) is 0 Å². The van der Waals surface area contributed by atoms with Gasteiger partial charge >= 0.3 is 0 Å². The van der Waals surface area contributed by atoms with E-state index in [0.29, 0.717) is 10.0 Å². The molecule has 1 atom stereocenters. The lowest BCUT2D eigenvalue weighted by Gasteiger charge is -2.15. The molecule has 0 spiro atoms. The predicted molar refractivity (Wildman–Crippen MR) is 83.2 cm³/mol. The van der Waals surface area contributed by atoms with Crippen LogP contribution in [-0.4, -0.2) is 0 Å². The summed E-state index contributed by atoms with van der Waals surface area (Å²) in [4.78, 5) is 0. The molecule has 0 bridgehead atoms. The van der Waals surface area contributed by atoms with E-state index in [1.807, 2.05) is 36.4 Å². The Hall–Kier alpha value is -0.730. The Morgan fingerprint density at radius 2 is 1.79 bits per heavy atom. The second kappa shape index (κ2) is 6.62. The minimum atomic E-state index is 0.216. The Balaban J connectivity index is 2.00. The van der Waals surface area contributed by atoms with Gasteiger partial charge in [0.25, 0.3) is 0 Å². The highest BCUT2D eigenvalue weighted by Crippen LogP contribution is 2.23. The maximum absolute atomic E-state index is 5.99. The molecule has 2 aromatic rings.